The molecule has 1 fully saturated rings. The van der Waals surface area contributed by atoms with E-state index < -0.39 is 0 Å². The average molecular weight is 250 g/mol. The van der Waals surface area contributed by atoms with E-state index in [0.29, 0.717) is 6.04 Å². The largest absolute Gasteiger partial charge is 0.310 e. The van der Waals surface area contributed by atoms with Gasteiger partial charge in [-0.05, 0) is 44.1 Å². The van der Waals surface area contributed by atoms with Crippen LogP contribution in [0.1, 0.15) is 58.3 Å². The van der Waals surface area contributed by atoms with Crippen LogP contribution in [0.4, 0.5) is 0 Å². The van der Waals surface area contributed by atoms with Crippen molar-refractivity contribution in [2.45, 2.75) is 59.0 Å². The van der Waals surface area contributed by atoms with Gasteiger partial charge in [-0.15, -0.1) is 0 Å². The zero-order valence-electron chi connectivity index (χ0n) is 11.9. The highest BCUT2D eigenvalue weighted by atomic mass is 15.3. The van der Waals surface area contributed by atoms with Crippen LogP contribution in [0.15, 0.2) is 6.33 Å². The van der Waals surface area contributed by atoms with E-state index in [9.17, 15) is 0 Å². The number of nitrogens with one attached hydrogen (secondary N) is 1. The molecule has 0 spiro atoms. The molecule has 1 aliphatic carbocycles. The molecule has 4 nitrogen and oxygen atoms in total. The van der Waals surface area contributed by atoms with E-state index in [4.69, 9.17) is 0 Å². The molecule has 0 radical (unpaired) electrons. The van der Waals surface area contributed by atoms with Crippen LogP contribution < -0.4 is 5.32 Å². The van der Waals surface area contributed by atoms with Crippen molar-refractivity contribution >= 4 is 0 Å². The molecule has 0 aromatic carbocycles. The number of aromatic nitrogens is 3. The van der Waals surface area contributed by atoms with E-state index in [1.54, 1.807) is 0 Å². The lowest BCUT2D eigenvalue weighted by Crippen LogP contribution is -2.23. The van der Waals surface area contributed by atoms with Gasteiger partial charge in [0.2, 0.25) is 0 Å². The Kier molecular flexibility index (Phi) is 4.75. The summed E-state index contributed by atoms with van der Waals surface area (Å²) in [5.41, 5.74) is 0. The molecular formula is C14H26N4. The Bertz CT molecular complexity index is 350. The molecule has 0 saturated heterocycles. The number of hydrogen-bond donors (Lipinski definition) is 1. The molecule has 0 aliphatic heterocycles. The molecule has 2 rings (SSSR count). The first-order valence-electron chi connectivity index (χ1n) is 7.29. The summed E-state index contributed by atoms with van der Waals surface area (Å²) >= 11 is 0. The van der Waals surface area contributed by atoms with Gasteiger partial charge in [-0.1, -0.05) is 20.8 Å². The van der Waals surface area contributed by atoms with Gasteiger partial charge in [-0.2, -0.15) is 5.10 Å². The van der Waals surface area contributed by atoms with Gasteiger partial charge in [0.05, 0.1) is 12.6 Å². The van der Waals surface area contributed by atoms with Crippen molar-refractivity contribution in [3.05, 3.63) is 12.2 Å². The SMILES string of the molecule is CCCNCc1ncn(C2CC(C)CC(C)C2)n1. The lowest BCUT2D eigenvalue weighted by Gasteiger charge is -2.31. The second-order valence-corrected chi connectivity index (χ2v) is 5.89. The Morgan fingerprint density at radius 1 is 1.28 bits per heavy atom. The zero-order chi connectivity index (χ0) is 13.0. The van der Waals surface area contributed by atoms with Gasteiger partial charge in [0.15, 0.2) is 5.82 Å². The van der Waals surface area contributed by atoms with Crippen LogP contribution in [0.3, 0.4) is 0 Å². The third-order valence-electron chi connectivity index (χ3n) is 3.79. The van der Waals surface area contributed by atoms with Crippen molar-refractivity contribution in [2.24, 2.45) is 11.8 Å². The normalized spacial score (nSPS) is 28.5. The third kappa shape index (κ3) is 3.55. The van der Waals surface area contributed by atoms with Crippen LogP contribution in [0, 0.1) is 11.8 Å². The molecule has 0 bridgehead atoms. The lowest BCUT2D eigenvalue weighted by atomic mass is 9.80. The Hall–Kier alpha value is -0.900. The van der Waals surface area contributed by atoms with Crippen LogP contribution in [-0.4, -0.2) is 21.3 Å². The maximum absolute atomic E-state index is 4.62. The summed E-state index contributed by atoms with van der Waals surface area (Å²) in [5, 5.41) is 7.96. The van der Waals surface area contributed by atoms with E-state index in [2.05, 4.69) is 40.9 Å². The molecule has 102 valence electrons. The van der Waals surface area contributed by atoms with Gasteiger partial charge in [0.25, 0.3) is 0 Å². The first-order valence-corrected chi connectivity index (χ1v) is 7.29. The second-order valence-electron chi connectivity index (χ2n) is 5.89. The number of nitrogens with zero attached hydrogens (tertiary/aromatic N) is 3. The van der Waals surface area contributed by atoms with Crippen LogP contribution >= 0.6 is 0 Å². The fraction of sp³-hybridized carbons (Fsp3) is 0.857. The van der Waals surface area contributed by atoms with Gasteiger partial charge >= 0.3 is 0 Å². The Morgan fingerprint density at radius 2 is 2.00 bits per heavy atom. The fourth-order valence-corrected chi connectivity index (χ4v) is 3.07. The van der Waals surface area contributed by atoms with E-state index in [-0.39, 0.29) is 0 Å². The molecule has 4 heteroatoms. The molecule has 1 N–H and O–H groups in total. The Balaban J connectivity index is 1.92. The highest BCUT2D eigenvalue weighted by Gasteiger charge is 2.25. The van der Waals surface area contributed by atoms with Gasteiger partial charge in [0.1, 0.15) is 6.33 Å². The average Bonchev–Trinajstić information content (AvgIpc) is 2.77. The smallest absolute Gasteiger partial charge is 0.164 e. The Labute approximate surface area is 110 Å². The first kappa shape index (κ1) is 13.5. The van der Waals surface area contributed by atoms with Crippen molar-refractivity contribution < 1.29 is 0 Å². The summed E-state index contributed by atoms with van der Waals surface area (Å²) in [7, 11) is 0. The summed E-state index contributed by atoms with van der Waals surface area (Å²) in [4.78, 5) is 4.40. The van der Waals surface area contributed by atoms with Crippen molar-refractivity contribution in [3.63, 3.8) is 0 Å². The predicted molar refractivity (Wildman–Crippen MR) is 73.2 cm³/mol. The van der Waals surface area contributed by atoms with Gasteiger partial charge in [-0.25, -0.2) is 9.67 Å². The summed E-state index contributed by atoms with van der Waals surface area (Å²) in [6.45, 7) is 8.70. The van der Waals surface area contributed by atoms with Crippen molar-refractivity contribution in [1.29, 1.82) is 0 Å². The van der Waals surface area contributed by atoms with Crippen LogP contribution in [-0.2, 0) is 6.54 Å². The first-order chi connectivity index (χ1) is 8.69. The molecule has 1 aliphatic rings. The molecule has 2 atom stereocenters. The summed E-state index contributed by atoms with van der Waals surface area (Å²) in [6, 6.07) is 0.552. The van der Waals surface area contributed by atoms with Gasteiger partial charge < -0.3 is 5.32 Å². The fourth-order valence-electron chi connectivity index (χ4n) is 3.07. The van der Waals surface area contributed by atoms with E-state index >= 15 is 0 Å². The monoisotopic (exact) mass is 250 g/mol. The minimum absolute atomic E-state index is 0.552. The van der Waals surface area contributed by atoms with E-state index in [0.717, 1.165) is 37.2 Å². The molecule has 0 amide bonds. The zero-order valence-corrected chi connectivity index (χ0v) is 11.9. The predicted octanol–water partition coefficient (Wildman–Crippen LogP) is 2.77. The maximum atomic E-state index is 4.62. The Morgan fingerprint density at radius 3 is 2.67 bits per heavy atom. The topological polar surface area (TPSA) is 42.7 Å². The maximum Gasteiger partial charge on any atom is 0.164 e. The molecule has 18 heavy (non-hydrogen) atoms. The highest BCUT2D eigenvalue weighted by Crippen LogP contribution is 2.35. The van der Waals surface area contributed by atoms with Crippen LogP contribution in [0.5, 0.6) is 0 Å². The molecular weight excluding hydrogens is 224 g/mol. The second kappa shape index (κ2) is 6.32. The van der Waals surface area contributed by atoms with Gasteiger partial charge in [-0.3, -0.25) is 0 Å². The number of hydrogen-bond acceptors (Lipinski definition) is 3. The molecule has 1 aromatic heterocycles. The van der Waals surface area contributed by atoms with Crippen molar-refractivity contribution in [2.75, 3.05) is 6.54 Å². The summed E-state index contributed by atoms with van der Waals surface area (Å²) in [6.07, 6.45) is 6.91. The van der Waals surface area contributed by atoms with Crippen LogP contribution in [0.2, 0.25) is 0 Å². The summed E-state index contributed by atoms with van der Waals surface area (Å²) in [5.74, 6) is 2.54. The number of rotatable bonds is 5. The van der Waals surface area contributed by atoms with Crippen molar-refractivity contribution in [3.8, 4) is 0 Å². The highest BCUT2D eigenvalue weighted by molar-refractivity contribution is 4.85. The molecule has 1 saturated carbocycles. The third-order valence-corrected chi connectivity index (χ3v) is 3.79. The standard InChI is InChI=1S/C14H26N4/c1-4-5-15-9-14-16-10-18(17-14)13-7-11(2)6-12(3)8-13/h10-13,15H,4-9H2,1-3H3. The molecule has 2 unspecified atom stereocenters. The minimum atomic E-state index is 0.552. The molecule has 1 heterocycles. The lowest BCUT2D eigenvalue weighted by molar-refractivity contribution is 0.209. The van der Waals surface area contributed by atoms with E-state index in [1.165, 1.54) is 19.3 Å². The minimum Gasteiger partial charge on any atom is -0.310 e. The summed E-state index contributed by atoms with van der Waals surface area (Å²) < 4.78 is 2.09. The van der Waals surface area contributed by atoms with Crippen molar-refractivity contribution in [1.82, 2.24) is 20.1 Å². The molecule has 1 aromatic rings. The van der Waals surface area contributed by atoms with Crippen LogP contribution in [0.25, 0.3) is 0 Å². The quantitative estimate of drug-likeness (QED) is 0.817. The van der Waals surface area contributed by atoms with Gasteiger partial charge in [0, 0.05) is 0 Å². The van der Waals surface area contributed by atoms with E-state index in [1.807, 2.05) is 6.33 Å².